The summed E-state index contributed by atoms with van der Waals surface area (Å²) in [4.78, 5) is 59.8. The first kappa shape index (κ1) is 29.0. The zero-order valence-corrected chi connectivity index (χ0v) is 19.6. The molecule has 4 amide bonds. The summed E-state index contributed by atoms with van der Waals surface area (Å²) >= 11 is 5.58. The average Bonchev–Trinajstić information content (AvgIpc) is 2.71. The lowest BCUT2D eigenvalue weighted by molar-refractivity contribution is -0.143. The Morgan fingerprint density at radius 2 is 1.61 bits per heavy atom. The van der Waals surface area contributed by atoms with E-state index in [1.54, 1.807) is 18.7 Å². The molecule has 11 nitrogen and oxygen atoms in total. The van der Waals surface area contributed by atoms with Crippen molar-refractivity contribution < 1.29 is 29.1 Å². The van der Waals surface area contributed by atoms with E-state index in [-0.39, 0.29) is 11.7 Å². The minimum Gasteiger partial charge on any atom is -0.480 e. The molecule has 0 aromatic heterocycles. The maximum Gasteiger partial charge on any atom is 0.326 e. The number of carboxylic acids is 1. The third-order valence-corrected chi connectivity index (χ3v) is 5.61. The number of aliphatic carboxylic acids is 1. The molecular formula is C18H33N5O6S2. The fourth-order valence-corrected chi connectivity index (χ4v) is 3.21. The Balaban J connectivity index is 5.26. The minimum atomic E-state index is -1.54. The second-order valence-electron chi connectivity index (χ2n) is 7.07. The van der Waals surface area contributed by atoms with Gasteiger partial charge in [0.05, 0.1) is 12.5 Å². The third kappa shape index (κ3) is 10.7. The summed E-state index contributed by atoms with van der Waals surface area (Å²) in [5, 5.41) is 16.4. The Labute approximate surface area is 191 Å². The number of amides is 4. The van der Waals surface area contributed by atoms with Crippen molar-refractivity contribution in [1.82, 2.24) is 16.0 Å². The monoisotopic (exact) mass is 479 g/mol. The van der Waals surface area contributed by atoms with E-state index in [4.69, 9.17) is 16.6 Å². The number of carbonyl (C=O) groups is 5. The van der Waals surface area contributed by atoms with E-state index in [0.29, 0.717) is 18.6 Å². The molecule has 0 aromatic rings. The molecule has 31 heavy (non-hydrogen) atoms. The SMILES string of the molecule is CCC(C)C(NC(=O)C(N)CCSC)C(=O)NC(CS)C(=O)NC(CC(N)=O)C(=O)O. The van der Waals surface area contributed by atoms with Gasteiger partial charge in [-0.2, -0.15) is 24.4 Å². The first-order chi connectivity index (χ1) is 14.5. The first-order valence-electron chi connectivity index (χ1n) is 9.75. The Kier molecular flexibility index (Phi) is 14.0. The lowest BCUT2D eigenvalue weighted by atomic mass is 9.97. The second kappa shape index (κ2) is 14.9. The van der Waals surface area contributed by atoms with Crippen molar-refractivity contribution in [3.8, 4) is 0 Å². The van der Waals surface area contributed by atoms with Crippen LogP contribution in [-0.4, -0.2) is 76.6 Å². The summed E-state index contributed by atoms with van der Waals surface area (Å²) in [7, 11) is 0. The van der Waals surface area contributed by atoms with Crippen LogP contribution < -0.4 is 27.4 Å². The number of nitrogens with one attached hydrogen (secondary N) is 3. The molecule has 0 fully saturated rings. The molecule has 5 atom stereocenters. The lowest BCUT2D eigenvalue weighted by Crippen LogP contribution is -2.59. The zero-order chi connectivity index (χ0) is 24.1. The molecule has 0 spiro atoms. The molecule has 0 heterocycles. The zero-order valence-electron chi connectivity index (χ0n) is 17.9. The highest BCUT2D eigenvalue weighted by Crippen LogP contribution is 2.10. The summed E-state index contributed by atoms with van der Waals surface area (Å²) in [5.74, 6) is -4.02. The number of thiol groups is 1. The predicted molar refractivity (Wildman–Crippen MR) is 122 cm³/mol. The Morgan fingerprint density at radius 3 is 2.06 bits per heavy atom. The van der Waals surface area contributed by atoms with Crippen molar-refractivity contribution in [1.29, 1.82) is 0 Å². The fraction of sp³-hybridized carbons (Fsp3) is 0.722. The highest BCUT2D eigenvalue weighted by molar-refractivity contribution is 7.98. The van der Waals surface area contributed by atoms with E-state index in [1.165, 1.54) is 0 Å². The average molecular weight is 480 g/mol. The molecule has 178 valence electrons. The molecule has 0 aliphatic rings. The number of nitrogens with two attached hydrogens (primary N) is 2. The second-order valence-corrected chi connectivity index (χ2v) is 8.42. The number of carboxylic acid groups (broad SMARTS) is 1. The van der Waals surface area contributed by atoms with E-state index < -0.39 is 60.2 Å². The predicted octanol–water partition coefficient (Wildman–Crippen LogP) is -1.54. The topological polar surface area (TPSA) is 194 Å². The molecule has 0 radical (unpaired) electrons. The van der Waals surface area contributed by atoms with Gasteiger partial charge in [-0.25, -0.2) is 4.79 Å². The van der Waals surface area contributed by atoms with Crippen LogP contribution in [0.1, 0.15) is 33.1 Å². The van der Waals surface area contributed by atoms with Crippen molar-refractivity contribution in [3.63, 3.8) is 0 Å². The maximum atomic E-state index is 12.8. The van der Waals surface area contributed by atoms with Crippen LogP contribution in [0.3, 0.4) is 0 Å². The van der Waals surface area contributed by atoms with Crippen LogP contribution in [0.25, 0.3) is 0 Å². The van der Waals surface area contributed by atoms with Gasteiger partial charge in [0.15, 0.2) is 0 Å². The van der Waals surface area contributed by atoms with Gasteiger partial charge in [-0.05, 0) is 24.3 Å². The molecule has 8 N–H and O–H groups in total. The number of thioether (sulfide) groups is 1. The number of primary amides is 1. The largest absolute Gasteiger partial charge is 0.480 e. The summed E-state index contributed by atoms with van der Waals surface area (Å²) in [6, 6.07) is -4.46. The third-order valence-electron chi connectivity index (χ3n) is 4.60. The van der Waals surface area contributed by atoms with E-state index in [2.05, 4.69) is 28.6 Å². The molecule has 0 aliphatic heterocycles. The molecule has 0 saturated carbocycles. The standard InChI is InChI=1S/C18H33N5O6S2/c1-4-9(2)14(23-15(25)10(19)5-6-31-3)17(27)22-12(8-30)16(26)21-11(18(28)29)7-13(20)24/h9-12,14,30H,4-8,19H2,1-3H3,(H2,20,24)(H,21,26)(H,22,27)(H,23,25)(H,28,29). The minimum absolute atomic E-state index is 0.144. The molecule has 0 saturated heterocycles. The van der Waals surface area contributed by atoms with Crippen molar-refractivity contribution >= 4 is 54.0 Å². The number of hydrogen-bond donors (Lipinski definition) is 7. The van der Waals surface area contributed by atoms with Crippen LogP contribution in [-0.2, 0) is 24.0 Å². The van der Waals surface area contributed by atoms with Gasteiger partial charge in [-0.3, -0.25) is 19.2 Å². The van der Waals surface area contributed by atoms with Crippen LogP contribution in [0.2, 0.25) is 0 Å². The van der Waals surface area contributed by atoms with E-state index in [1.807, 2.05) is 13.2 Å². The van der Waals surface area contributed by atoms with E-state index in [0.717, 1.165) is 0 Å². The number of carbonyl (C=O) groups excluding carboxylic acids is 4. The smallest absolute Gasteiger partial charge is 0.326 e. The van der Waals surface area contributed by atoms with Gasteiger partial charge in [-0.15, -0.1) is 0 Å². The van der Waals surface area contributed by atoms with Crippen molar-refractivity contribution in [2.24, 2.45) is 17.4 Å². The van der Waals surface area contributed by atoms with Crippen LogP contribution in [0.4, 0.5) is 0 Å². The van der Waals surface area contributed by atoms with Crippen molar-refractivity contribution in [2.75, 3.05) is 17.8 Å². The highest BCUT2D eigenvalue weighted by Gasteiger charge is 2.32. The summed E-state index contributed by atoms with van der Waals surface area (Å²) in [6.45, 7) is 3.61. The van der Waals surface area contributed by atoms with Gasteiger partial charge in [0.25, 0.3) is 0 Å². The van der Waals surface area contributed by atoms with Gasteiger partial charge in [0.2, 0.25) is 23.6 Å². The highest BCUT2D eigenvalue weighted by atomic mass is 32.2. The number of hydrogen-bond acceptors (Lipinski definition) is 8. The van der Waals surface area contributed by atoms with Gasteiger partial charge in [0.1, 0.15) is 18.1 Å². The van der Waals surface area contributed by atoms with Crippen LogP contribution >= 0.6 is 24.4 Å². The summed E-state index contributed by atoms with van der Waals surface area (Å²) < 4.78 is 0. The van der Waals surface area contributed by atoms with Crippen LogP contribution in [0, 0.1) is 5.92 Å². The normalized spacial score (nSPS) is 15.6. The van der Waals surface area contributed by atoms with E-state index >= 15 is 0 Å². The van der Waals surface area contributed by atoms with Crippen LogP contribution in [0.5, 0.6) is 0 Å². The summed E-state index contributed by atoms with van der Waals surface area (Å²) in [6.07, 6.45) is 2.30. The van der Waals surface area contributed by atoms with Crippen molar-refractivity contribution in [3.05, 3.63) is 0 Å². The molecule has 0 bridgehead atoms. The van der Waals surface area contributed by atoms with Gasteiger partial charge < -0.3 is 32.5 Å². The maximum absolute atomic E-state index is 12.8. The molecule has 0 aromatic carbocycles. The Morgan fingerprint density at radius 1 is 1.03 bits per heavy atom. The van der Waals surface area contributed by atoms with E-state index in [9.17, 15) is 24.0 Å². The van der Waals surface area contributed by atoms with Gasteiger partial charge >= 0.3 is 5.97 Å². The Hall–Kier alpha value is -1.99. The Bertz CT molecular complexity index is 651. The quantitative estimate of drug-likeness (QED) is 0.137. The fourth-order valence-electron chi connectivity index (χ4n) is 2.47. The molecule has 5 unspecified atom stereocenters. The first-order valence-corrected chi connectivity index (χ1v) is 11.8. The van der Waals surface area contributed by atoms with Crippen molar-refractivity contribution in [2.45, 2.75) is 57.3 Å². The van der Waals surface area contributed by atoms with Crippen LogP contribution in [0.15, 0.2) is 0 Å². The van der Waals surface area contributed by atoms with Gasteiger partial charge in [0, 0.05) is 5.75 Å². The molecule has 0 rings (SSSR count). The number of rotatable bonds is 15. The lowest BCUT2D eigenvalue weighted by Gasteiger charge is -2.27. The van der Waals surface area contributed by atoms with Gasteiger partial charge in [-0.1, -0.05) is 20.3 Å². The summed E-state index contributed by atoms with van der Waals surface area (Å²) in [5.41, 5.74) is 10.9. The molecule has 13 heteroatoms. The molecular weight excluding hydrogens is 446 g/mol. The molecule has 0 aliphatic carbocycles.